The molecule has 0 spiro atoms. The molecule has 0 fully saturated rings. The Bertz CT molecular complexity index is 1740. The molecule has 258 valence electrons. The first-order valence-electron chi connectivity index (χ1n) is 14.7. The zero-order chi connectivity index (χ0) is 35.5. The number of esters is 2. The summed E-state index contributed by atoms with van der Waals surface area (Å²) in [5.74, 6) is -1.24. The Morgan fingerprint density at radius 2 is 1.20 bits per heavy atom. The molecule has 0 saturated heterocycles. The fraction of sp³-hybridized carbons (Fsp3) is 0.222. The van der Waals surface area contributed by atoms with Crippen molar-refractivity contribution < 1.29 is 63.2 Å². The number of carbonyl (C=O) groups is 2. The maximum Gasteiger partial charge on any atom is 0.338 e. The smallest absolute Gasteiger partial charge is 0.338 e. The summed E-state index contributed by atoms with van der Waals surface area (Å²) in [7, 11) is 5.46. The van der Waals surface area contributed by atoms with Crippen LogP contribution in [0.15, 0.2) is 78.9 Å². The molecule has 13 nitrogen and oxygen atoms in total. The molecule has 0 aromatic heterocycles. The Labute approximate surface area is 282 Å². The van der Waals surface area contributed by atoms with Crippen molar-refractivity contribution in [3.63, 3.8) is 0 Å². The van der Waals surface area contributed by atoms with Crippen LogP contribution in [0, 0.1) is 0 Å². The number of aliphatic hydroxyl groups is 1. The summed E-state index contributed by atoms with van der Waals surface area (Å²) >= 11 is 0. The number of aromatic hydroxyl groups is 3. The maximum absolute atomic E-state index is 12.9. The van der Waals surface area contributed by atoms with Crippen LogP contribution in [0.3, 0.4) is 0 Å². The summed E-state index contributed by atoms with van der Waals surface area (Å²) in [6.07, 6.45) is 0.406. The molecule has 0 unspecified atom stereocenters. The minimum Gasteiger partial charge on any atom is -0.508 e. The second-order valence-electron chi connectivity index (χ2n) is 10.3. The lowest BCUT2D eigenvalue weighted by Crippen LogP contribution is -2.32. The van der Waals surface area contributed by atoms with Gasteiger partial charge in [0.05, 0.1) is 39.6 Å². The van der Waals surface area contributed by atoms with Gasteiger partial charge in [0.2, 0.25) is 11.5 Å². The second kappa shape index (κ2) is 16.7. The number of phenols is 3. The first-order valence-corrected chi connectivity index (χ1v) is 14.7. The Kier molecular flexibility index (Phi) is 12.2. The highest BCUT2D eigenvalue weighted by atomic mass is 16.6. The van der Waals surface area contributed by atoms with Crippen molar-refractivity contribution in [1.29, 1.82) is 0 Å². The SMILES string of the molecule is COc1ccc([C@@H](O)[C@H](COC(=O)c2ccc(O)cc2)Oc2c(OC)cc(/C=C/COC(=O)c3ccc(O)cc3)cc2OC)c(OC)c1O. The fourth-order valence-electron chi connectivity index (χ4n) is 4.66. The summed E-state index contributed by atoms with van der Waals surface area (Å²) in [4.78, 5) is 25.1. The van der Waals surface area contributed by atoms with E-state index in [1.807, 2.05) is 0 Å². The van der Waals surface area contributed by atoms with Gasteiger partial charge >= 0.3 is 11.9 Å². The highest BCUT2D eigenvalue weighted by Gasteiger charge is 2.32. The zero-order valence-corrected chi connectivity index (χ0v) is 27.1. The molecule has 4 rings (SSSR count). The molecule has 0 radical (unpaired) electrons. The van der Waals surface area contributed by atoms with Crippen LogP contribution in [0.5, 0.6) is 46.0 Å². The number of carbonyl (C=O) groups excluding carboxylic acids is 2. The zero-order valence-electron chi connectivity index (χ0n) is 27.1. The largest absolute Gasteiger partial charge is 0.508 e. The van der Waals surface area contributed by atoms with Crippen molar-refractivity contribution in [2.45, 2.75) is 12.2 Å². The number of phenolic OH excluding ortho intramolecular Hbond substituents is 3. The van der Waals surface area contributed by atoms with Gasteiger partial charge in [-0.3, -0.25) is 0 Å². The molecule has 0 aliphatic rings. The van der Waals surface area contributed by atoms with E-state index in [0.29, 0.717) is 5.56 Å². The van der Waals surface area contributed by atoms with E-state index >= 15 is 0 Å². The van der Waals surface area contributed by atoms with Crippen LogP contribution in [0.2, 0.25) is 0 Å². The molecule has 0 heterocycles. The monoisotopic (exact) mass is 676 g/mol. The molecule has 13 heteroatoms. The highest BCUT2D eigenvalue weighted by Crippen LogP contribution is 2.44. The van der Waals surface area contributed by atoms with E-state index in [1.165, 1.54) is 89.1 Å². The quantitative estimate of drug-likeness (QED) is 0.123. The highest BCUT2D eigenvalue weighted by molar-refractivity contribution is 5.90. The van der Waals surface area contributed by atoms with Crippen LogP contribution >= 0.6 is 0 Å². The van der Waals surface area contributed by atoms with Crippen molar-refractivity contribution in [2.75, 3.05) is 41.7 Å². The molecule has 2 atom stereocenters. The third kappa shape index (κ3) is 8.84. The standard InChI is InChI=1S/C36H36O13/c1-43-27-16-15-26(33(46-4)32(27)40)31(39)30(20-48-36(42)23-9-13-25(38)14-10-23)49-34-28(44-2)18-21(19-29(34)45-3)6-5-17-47-35(41)22-7-11-24(37)12-8-22/h5-16,18-19,30-31,37-40H,17,20H2,1-4H3/b6-5+/t30-,31+/m0/s1. The lowest BCUT2D eigenvalue weighted by atomic mass is 10.0. The van der Waals surface area contributed by atoms with Crippen LogP contribution in [-0.4, -0.2) is 80.1 Å². The van der Waals surface area contributed by atoms with E-state index in [4.69, 9.17) is 33.2 Å². The summed E-state index contributed by atoms with van der Waals surface area (Å²) in [5.41, 5.74) is 1.11. The molecule has 0 saturated carbocycles. The first kappa shape index (κ1) is 35.8. The predicted molar refractivity (Wildman–Crippen MR) is 176 cm³/mol. The normalized spacial score (nSPS) is 12.1. The van der Waals surface area contributed by atoms with Crippen molar-refractivity contribution >= 4 is 18.0 Å². The number of methoxy groups -OCH3 is 4. The number of hydrogen-bond donors (Lipinski definition) is 4. The molecule has 0 amide bonds. The van der Waals surface area contributed by atoms with Gasteiger partial charge in [-0.05, 0) is 84.4 Å². The van der Waals surface area contributed by atoms with Crippen LogP contribution in [-0.2, 0) is 9.47 Å². The van der Waals surface area contributed by atoms with Gasteiger partial charge in [0.25, 0.3) is 0 Å². The number of benzene rings is 4. The average Bonchev–Trinajstić information content (AvgIpc) is 3.11. The van der Waals surface area contributed by atoms with Gasteiger partial charge in [-0.1, -0.05) is 6.08 Å². The Balaban J connectivity index is 1.61. The van der Waals surface area contributed by atoms with Crippen molar-refractivity contribution in [3.8, 4) is 46.0 Å². The molecule has 49 heavy (non-hydrogen) atoms. The minimum absolute atomic E-state index is 0.0300. The van der Waals surface area contributed by atoms with E-state index in [9.17, 15) is 30.0 Å². The van der Waals surface area contributed by atoms with Gasteiger partial charge in [0.1, 0.15) is 30.8 Å². The summed E-state index contributed by atoms with van der Waals surface area (Å²) in [6, 6.07) is 17.2. The number of aliphatic hydroxyl groups excluding tert-OH is 1. The Morgan fingerprint density at radius 3 is 1.71 bits per heavy atom. The van der Waals surface area contributed by atoms with Crippen LogP contribution in [0.25, 0.3) is 6.08 Å². The number of rotatable bonds is 15. The lowest BCUT2D eigenvalue weighted by Gasteiger charge is -2.27. The van der Waals surface area contributed by atoms with E-state index in [-0.39, 0.29) is 69.3 Å². The molecular formula is C36H36O13. The predicted octanol–water partition coefficient (Wildman–Crippen LogP) is 5.05. The lowest BCUT2D eigenvalue weighted by molar-refractivity contribution is -0.0182. The molecule has 4 aromatic rings. The molecule has 4 N–H and O–H groups in total. The van der Waals surface area contributed by atoms with Gasteiger partial charge in [0, 0.05) is 5.56 Å². The van der Waals surface area contributed by atoms with Crippen LogP contribution in [0.4, 0.5) is 0 Å². The van der Waals surface area contributed by atoms with E-state index in [2.05, 4.69) is 0 Å². The van der Waals surface area contributed by atoms with Crippen molar-refractivity contribution in [3.05, 3.63) is 101 Å². The topological polar surface area (TPSA) is 180 Å². The van der Waals surface area contributed by atoms with Gasteiger partial charge in [0.15, 0.2) is 29.1 Å². The summed E-state index contributed by atoms with van der Waals surface area (Å²) in [5, 5.41) is 41.3. The van der Waals surface area contributed by atoms with E-state index < -0.39 is 30.8 Å². The maximum atomic E-state index is 12.9. The molecule has 4 aromatic carbocycles. The molecular weight excluding hydrogens is 640 g/mol. The molecule has 0 aliphatic heterocycles. The first-order chi connectivity index (χ1) is 23.6. The van der Waals surface area contributed by atoms with E-state index in [1.54, 1.807) is 24.3 Å². The fourth-order valence-corrected chi connectivity index (χ4v) is 4.66. The van der Waals surface area contributed by atoms with Crippen molar-refractivity contribution in [2.24, 2.45) is 0 Å². The van der Waals surface area contributed by atoms with Gasteiger partial charge in [-0.15, -0.1) is 0 Å². The van der Waals surface area contributed by atoms with Crippen molar-refractivity contribution in [1.82, 2.24) is 0 Å². The Hall–Kier alpha value is -6.08. The third-order valence-electron chi connectivity index (χ3n) is 7.18. The summed E-state index contributed by atoms with van der Waals surface area (Å²) in [6.45, 7) is -0.545. The number of ether oxygens (including phenoxy) is 7. The molecule has 0 aliphatic carbocycles. The second-order valence-corrected chi connectivity index (χ2v) is 10.3. The van der Waals surface area contributed by atoms with Crippen LogP contribution < -0.4 is 23.7 Å². The van der Waals surface area contributed by atoms with Gasteiger partial charge in [-0.2, -0.15) is 0 Å². The average molecular weight is 677 g/mol. The third-order valence-corrected chi connectivity index (χ3v) is 7.18. The van der Waals surface area contributed by atoms with Gasteiger partial charge in [-0.25, -0.2) is 9.59 Å². The number of hydrogen-bond acceptors (Lipinski definition) is 13. The van der Waals surface area contributed by atoms with Gasteiger partial charge < -0.3 is 53.6 Å². The minimum atomic E-state index is -1.54. The Morgan fingerprint density at radius 1 is 0.673 bits per heavy atom. The molecule has 0 bridgehead atoms. The summed E-state index contributed by atoms with van der Waals surface area (Å²) < 4.78 is 38.7. The van der Waals surface area contributed by atoms with Crippen LogP contribution in [0.1, 0.15) is 37.9 Å². The van der Waals surface area contributed by atoms with E-state index in [0.717, 1.165) is 0 Å².